The number of carbonyl (C=O) groups is 1. The van der Waals surface area contributed by atoms with Gasteiger partial charge in [-0.1, -0.05) is 11.6 Å². The van der Waals surface area contributed by atoms with Crippen molar-refractivity contribution in [1.82, 2.24) is 9.80 Å². The molecule has 1 heterocycles. The molecular weight excluding hydrogens is 360 g/mol. The number of amides is 1. The summed E-state index contributed by atoms with van der Waals surface area (Å²) in [6, 6.07) is 8.80. The molecule has 1 aliphatic heterocycles. The third kappa shape index (κ3) is 4.31. The van der Waals surface area contributed by atoms with E-state index >= 15 is 0 Å². The number of piperazine rings is 1. The summed E-state index contributed by atoms with van der Waals surface area (Å²) in [4.78, 5) is 16.5. The summed E-state index contributed by atoms with van der Waals surface area (Å²) in [7, 11) is 1.79. The van der Waals surface area contributed by atoms with Crippen LogP contribution in [0.3, 0.4) is 0 Å². The van der Waals surface area contributed by atoms with Gasteiger partial charge in [0.2, 0.25) is 0 Å². The number of halogens is 3. The van der Waals surface area contributed by atoms with Gasteiger partial charge in [0, 0.05) is 51.5 Å². The second-order valence-electron chi connectivity index (χ2n) is 6.29. The first kappa shape index (κ1) is 18.6. The van der Waals surface area contributed by atoms with Gasteiger partial charge < -0.3 is 10.2 Å². The van der Waals surface area contributed by atoms with Crippen molar-refractivity contribution in [3.63, 3.8) is 0 Å². The van der Waals surface area contributed by atoms with Crippen LogP contribution in [0.1, 0.15) is 15.9 Å². The van der Waals surface area contributed by atoms with Crippen molar-refractivity contribution >= 4 is 23.2 Å². The number of nitrogens with one attached hydrogen (secondary N) is 1. The Morgan fingerprint density at radius 2 is 1.73 bits per heavy atom. The predicted molar refractivity (Wildman–Crippen MR) is 98.5 cm³/mol. The summed E-state index contributed by atoms with van der Waals surface area (Å²) in [6.45, 7) is 2.81. The van der Waals surface area contributed by atoms with Gasteiger partial charge in [-0.2, -0.15) is 0 Å². The van der Waals surface area contributed by atoms with Gasteiger partial charge in [0.05, 0.1) is 10.6 Å². The van der Waals surface area contributed by atoms with Crippen molar-refractivity contribution < 1.29 is 13.6 Å². The average Bonchev–Trinajstić information content (AvgIpc) is 2.61. The predicted octanol–water partition coefficient (Wildman–Crippen LogP) is 3.62. The molecule has 0 aromatic heterocycles. The Morgan fingerprint density at radius 1 is 1.08 bits per heavy atom. The zero-order valence-corrected chi connectivity index (χ0v) is 15.2. The second kappa shape index (κ2) is 8.01. The van der Waals surface area contributed by atoms with E-state index in [9.17, 15) is 13.6 Å². The molecule has 2 aromatic carbocycles. The molecule has 3 rings (SSSR count). The van der Waals surface area contributed by atoms with Crippen LogP contribution in [0.2, 0.25) is 5.02 Å². The van der Waals surface area contributed by atoms with E-state index in [1.807, 2.05) is 6.07 Å². The summed E-state index contributed by atoms with van der Waals surface area (Å²) < 4.78 is 26.6. The van der Waals surface area contributed by atoms with Crippen LogP contribution in [0, 0.1) is 11.6 Å². The summed E-state index contributed by atoms with van der Waals surface area (Å²) in [6.07, 6.45) is 0. The highest BCUT2D eigenvalue weighted by molar-refractivity contribution is 6.34. The van der Waals surface area contributed by atoms with E-state index in [1.54, 1.807) is 24.1 Å². The summed E-state index contributed by atoms with van der Waals surface area (Å²) in [5.41, 5.74) is 1.91. The molecule has 7 heteroatoms. The molecule has 0 bridgehead atoms. The van der Waals surface area contributed by atoms with Crippen LogP contribution in [-0.2, 0) is 6.54 Å². The molecule has 4 nitrogen and oxygen atoms in total. The van der Waals surface area contributed by atoms with Gasteiger partial charge in [0.1, 0.15) is 11.6 Å². The van der Waals surface area contributed by atoms with Crippen molar-refractivity contribution in [3.05, 3.63) is 64.2 Å². The quantitative estimate of drug-likeness (QED) is 0.881. The molecule has 1 aliphatic rings. The normalized spacial score (nSPS) is 15.2. The van der Waals surface area contributed by atoms with Crippen molar-refractivity contribution in [2.75, 3.05) is 38.5 Å². The van der Waals surface area contributed by atoms with Crippen molar-refractivity contribution in [2.45, 2.75) is 6.54 Å². The monoisotopic (exact) mass is 379 g/mol. The van der Waals surface area contributed by atoms with Gasteiger partial charge in [-0.05, 0) is 35.9 Å². The van der Waals surface area contributed by atoms with Crippen molar-refractivity contribution in [3.8, 4) is 0 Å². The van der Waals surface area contributed by atoms with Crippen LogP contribution in [-0.4, -0.2) is 48.9 Å². The lowest BCUT2D eigenvalue weighted by molar-refractivity contribution is 0.0628. The molecule has 1 amide bonds. The van der Waals surface area contributed by atoms with E-state index in [0.717, 1.165) is 11.8 Å². The van der Waals surface area contributed by atoms with Gasteiger partial charge in [0.15, 0.2) is 0 Å². The van der Waals surface area contributed by atoms with Crippen molar-refractivity contribution in [1.29, 1.82) is 0 Å². The van der Waals surface area contributed by atoms with E-state index in [1.165, 1.54) is 12.1 Å². The standard InChI is InChI=1S/C19H20ClF2N3O/c1-23-16-2-3-17(18(20)11-16)19(26)25-6-4-24(5-7-25)12-13-8-14(21)10-15(22)9-13/h2-3,8-11,23H,4-7,12H2,1H3. The highest BCUT2D eigenvalue weighted by Gasteiger charge is 2.24. The Hall–Kier alpha value is -2.18. The maximum Gasteiger partial charge on any atom is 0.255 e. The van der Waals surface area contributed by atoms with E-state index in [4.69, 9.17) is 11.6 Å². The second-order valence-corrected chi connectivity index (χ2v) is 6.70. The molecule has 2 aromatic rings. The van der Waals surface area contributed by atoms with Crippen molar-refractivity contribution in [2.24, 2.45) is 0 Å². The Kier molecular flexibility index (Phi) is 5.74. The van der Waals surface area contributed by atoms with E-state index < -0.39 is 11.6 Å². The first-order valence-corrected chi connectivity index (χ1v) is 8.78. The molecule has 0 aliphatic carbocycles. The molecule has 1 fully saturated rings. The molecule has 26 heavy (non-hydrogen) atoms. The van der Waals surface area contributed by atoms with Gasteiger partial charge in [-0.3, -0.25) is 9.69 Å². The number of carbonyl (C=O) groups excluding carboxylic acids is 1. The Bertz CT molecular complexity index is 787. The number of nitrogens with zero attached hydrogens (tertiary/aromatic N) is 2. The van der Waals surface area contributed by atoms with Crippen LogP contribution in [0.25, 0.3) is 0 Å². The summed E-state index contributed by atoms with van der Waals surface area (Å²) in [5, 5.41) is 3.40. The highest BCUT2D eigenvalue weighted by atomic mass is 35.5. The number of hydrogen-bond acceptors (Lipinski definition) is 3. The SMILES string of the molecule is CNc1ccc(C(=O)N2CCN(Cc3cc(F)cc(F)c3)CC2)c(Cl)c1. The fraction of sp³-hybridized carbons (Fsp3) is 0.316. The number of benzene rings is 2. The largest absolute Gasteiger partial charge is 0.388 e. The summed E-state index contributed by atoms with van der Waals surface area (Å²) in [5.74, 6) is -1.25. The van der Waals surface area contributed by atoms with Gasteiger partial charge in [-0.15, -0.1) is 0 Å². The number of anilines is 1. The Labute approximate surface area is 156 Å². The lowest BCUT2D eigenvalue weighted by Gasteiger charge is -2.35. The first-order chi connectivity index (χ1) is 12.5. The molecule has 138 valence electrons. The first-order valence-electron chi connectivity index (χ1n) is 8.40. The van der Waals surface area contributed by atoms with Gasteiger partial charge in [-0.25, -0.2) is 8.78 Å². The third-order valence-corrected chi connectivity index (χ3v) is 4.79. The van der Waals surface area contributed by atoms with Crippen LogP contribution < -0.4 is 5.32 Å². The fourth-order valence-electron chi connectivity index (χ4n) is 3.08. The topological polar surface area (TPSA) is 35.6 Å². The zero-order chi connectivity index (χ0) is 18.7. The number of hydrogen-bond donors (Lipinski definition) is 1. The van der Waals surface area contributed by atoms with E-state index in [-0.39, 0.29) is 5.91 Å². The van der Waals surface area contributed by atoms with Crippen LogP contribution in [0.15, 0.2) is 36.4 Å². The van der Waals surface area contributed by atoms with Crippen LogP contribution in [0.5, 0.6) is 0 Å². The molecule has 0 atom stereocenters. The zero-order valence-electron chi connectivity index (χ0n) is 14.4. The summed E-state index contributed by atoms with van der Waals surface area (Å²) >= 11 is 6.22. The third-order valence-electron chi connectivity index (χ3n) is 4.48. The lowest BCUT2D eigenvalue weighted by Crippen LogP contribution is -2.48. The minimum atomic E-state index is -0.575. The lowest BCUT2D eigenvalue weighted by atomic mass is 10.1. The maximum absolute atomic E-state index is 13.3. The van der Waals surface area contributed by atoms with E-state index in [0.29, 0.717) is 48.9 Å². The Morgan fingerprint density at radius 3 is 2.31 bits per heavy atom. The van der Waals surface area contributed by atoms with E-state index in [2.05, 4.69) is 10.2 Å². The molecule has 1 N–H and O–H groups in total. The number of rotatable bonds is 4. The molecular formula is C19H20ClF2N3O. The molecule has 0 unspecified atom stereocenters. The Balaban J connectivity index is 1.60. The maximum atomic E-state index is 13.3. The highest BCUT2D eigenvalue weighted by Crippen LogP contribution is 2.23. The fourth-order valence-corrected chi connectivity index (χ4v) is 3.35. The minimum Gasteiger partial charge on any atom is -0.388 e. The molecule has 0 radical (unpaired) electrons. The molecule has 0 spiro atoms. The van der Waals surface area contributed by atoms with Gasteiger partial charge >= 0.3 is 0 Å². The minimum absolute atomic E-state index is 0.103. The molecule has 0 saturated carbocycles. The average molecular weight is 380 g/mol. The van der Waals surface area contributed by atoms with Crippen LogP contribution in [0.4, 0.5) is 14.5 Å². The van der Waals surface area contributed by atoms with Crippen LogP contribution >= 0.6 is 11.6 Å². The van der Waals surface area contributed by atoms with Gasteiger partial charge in [0.25, 0.3) is 5.91 Å². The molecule has 1 saturated heterocycles. The smallest absolute Gasteiger partial charge is 0.255 e.